The molecule has 0 bridgehead atoms. The van der Waals surface area contributed by atoms with Gasteiger partial charge in [-0.1, -0.05) is 6.92 Å². The summed E-state index contributed by atoms with van der Waals surface area (Å²) < 4.78 is 51.7. The molecule has 2 rings (SSSR count). The first-order chi connectivity index (χ1) is 11.2. The standard InChI is InChI=1S/C16H20F4N2O2/c1-2-15(10-23)5-7-22(8-6-15)14(24)21-13-9-11(16(18,19)20)3-4-12(13)17/h3-4,9,23H,2,5-8,10H2,1H3,(H,21,24). The van der Waals surface area contributed by atoms with Crippen LogP contribution < -0.4 is 5.32 Å². The van der Waals surface area contributed by atoms with Gasteiger partial charge in [-0.05, 0) is 42.9 Å². The Kier molecular flexibility index (Phi) is 5.37. The molecule has 0 saturated carbocycles. The van der Waals surface area contributed by atoms with Crippen LogP contribution in [0.2, 0.25) is 0 Å². The number of carbonyl (C=O) groups excluding carboxylic acids is 1. The number of nitrogens with zero attached hydrogens (tertiary/aromatic N) is 1. The van der Waals surface area contributed by atoms with Crippen LogP contribution in [0.1, 0.15) is 31.7 Å². The van der Waals surface area contributed by atoms with Crippen LogP contribution in [0.25, 0.3) is 0 Å². The van der Waals surface area contributed by atoms with E-state index in [9.17, 15) is 27.5 Å². The van der Waals surface area contributed by atoms with Crippen LogP contribution in [0.4, 0.5) is 28.0 Å². The predicted molar refractivity (Wildman–Crippen MR) is 81.0 cm³/mol. The van der Waals surface area contributed by atoms with Gasteiger partial charge in [-0.15, -0.1) is 0 Å². The quantitative estimate of drug-likeness (QED) is 0.815. The minimum Gasteiger partial charge on any atom is -0.396 e. The van der Waals surface area contributed by atoms with Crippen molar-refractivity contribution in [2.75, 3.05) is 25.0 Å². The SMILES string of the molecule is CCC1(CO)CCN(C(=O)Nc2cc(C(F)(F)F)ccc2F)CC1. The number of nitrogens with one attached hydrogen (secondary N) is 1. The van der Waals surface area contributed by atoms with Gasteiger partial charge >= 0.3 is 12.2 Å². The smallest absolute Gasteiger partial charge is 0.396 e. The molecular formula is C16H20F4N2O2. The number of amides is 2. The van der Waals surface area contributed by atoms with E-state index in [-0.39, 0.29) is 12.0 Å². The molecule has 0 aromatic heterocycles. The maximum absolute atomic E-state index is 13.7. The van der Waals surface area contributed by atoms with Crippen molar-refractivity contribution in [2.24, 2.45) is 5.41 Å². The molecule has 1 aromatic rings. The van der Waals surface area contributed by atoms with Gasteiger partial charge in [0.2, 0.25) is 0 Å². The van der Waals surface area contributed by atoms with Crippen LogP contribution in [0, 0.1) is 11.2 Å². The first kappa shape index (κ1) is 18.5. The summed E-state index contributed by atoms with van der Waals surface area (Å²) in [7, 11) is 0. The lowest BCUT2D eigenvalue weighted by Crippen LogP contribution is -2.46. The maximum atomic E-state index is 13.7. The highest BCUT2D eigenvalue weighted by molar-refractivity contribution is 5.89. The monoisotopic (exact) mass is 348 g/mol. The number of rotatable bonds is 3. The lowest BCUT2D eigenvalue weighted by Gasteiger charge is -2.40. The van der Waals surface area contributed by atoms with E-state index in [1.165, 1.54) is 4.90 Å². The first-order valence-corrected chi connectivity index (χ1v) is 7.74. The summed E-state index contributed by atoms with van der Waals surface area (Å²) in [5, 5.41) is 11.7. The largest absolute Gasteiger partial charge is 0.416 e. The maximum Gasteiger partial charge on any atom is 0.416 e. The third-order valence-electron chi connectivity index (χ3n) is 4.73. The number of anilines is 1. The fraction of sp³-hybridized carbons (Fsp3) is 0.562. The predicted octanol–water partition coefficient (Wildman–Crippen LogP) is 3.86. The van der Waals surface area contributed by atoms with Crippen molar-refractivity contribution >= 4 is 11.7 Å². The molecule has 2 amide bonds. The van der Waals surface area contributed by atoms with Crippen LogP contribution >= 0.6 is 0 Å². The molecule has 1 aliphatic rings. The number of piperidine rings is 1. The highest BCUT2D eigenvalue weighted by atomic mass is 19.4. The molecular weight excluding hydrogens is 328 g/mol. The number of alkyl halides is 3. The molecule has 2 N–H and O–H groups in total. The van der Waals surface area contributed by atoms with Gasteiger partial charge < -0.3 is 15.3 Å². The molecule has 1 heterocycles. The van der Waals surface area contributed by atoms with E-state index in [0.717, 1.165) is 6.42 Å². The van der Waals surface area contributed by atoms with Gasteiger partial charge in [-0.25, -0.2) is 9.18 Å². The molecule has 8 heteroatoms. The Labute approximate surface area is 137 Å². The topological polar surface area (TPSA) is 52.6 Å². The molecule has 134 valence electrons. The van der Waals surface area contributed by atoms with E-state index in [2.05, 4.69) is 5.32 Å². The number of benzene rings is 1. The third-order valence-corrected chi connectivity index (χ3v) is 4.73. The van der Waals surface area contributed by atoms with Gasteiger partial charge in [0.1, 0.15) is 5.82 Å². The first-order valence-electron chi connectivity index (χ1n) is 7.74. The Morgan fingerprint density at radius 2 is 1.96 bits per heavy atom. The van der Waals surface area contributed by atoms with Crippen molar-refractivity contribution in [3.63, 3.8) is 0 Å². The summed E-state index contributed by atoms with van der Waals surface area (Å²) in [6.45, 7) is 2.72. The Balaban J connectivity index is 2.06. The zero-order valence-electron chi connectivity index (χ0n) is 13.3. The number of likely N-dealkylation sites (tertiary alicyclic amines) is 1. The Morgan fingerprint density at radius 3 is 2.46 bits per heavy atom. The van der Waals surface area contributed by atoms with E-state index in [1.807, 2.05) is 6.92 Å². The number of hydrogen-bond donors (Lipinski definition) is 2. The zero-order valence-corrected chi connectivity index (χ0v) is 13.3. The van der Waals surface area contributed by atoms with Crippen molar-refractivity contribution < 1.29 is 27.5 Å². The van der Waals surface area contributed by atoms with Gasteiger partial charge in [-0.3, -0.25) is 0 Å². The highest BCUT2D eigenvalue weighted by Gasteiger charge is 2.34. The molecule has 0 unspecified atom stereocenters. The molecule has 1 aromatic carbocycles. The van der Waals surface area contributed by atoms with Crippen LogP contribution in [0.5, 0.6) is 0 Å². The highest BCUT2D eigenvalue weighted by Crippen LogP contribution is 2.35. The van der Waals surface area contributed by atoms with Crippen LogP contribution in [0.15, 0.2) is 18.2 Å². The van der Waals surface area contributed by atoms with E-state index < -0.39 is 29.3 Å². The number of carbonyl (C=O) groups is 1. The molecule has 1 saturated heterocycles. The number of hydrogen-bond acceptors (Lipinski definition) is 2. The second-order valence-electron chi connectivity index (χ2n) is 6.12. The van der Waals surface area contributed by atoms with E-state index in [4.69, 9.17) is 0 Å². The fourth-order valence-electron chi connectivity index (χ4n) is 2.80. The lowest BCUT2D eigenvalue weighted by molar-refractivity contribution is -0.137. The molecule has 1 aliphatic heterocycles. The average Bonchev–Trinajstić information content (AvgIpc) is 2.55. The average molecular weight is 348 g/mol. The van der Waals surface area contributed by atoms with Crippen molar-refractivity contribution in [1.82, 2.24) is 4.90 Å². The minimum absolute atomic E-state index is 0.0290. The number of urea groups is 1. The van der Waals surface area contributed by atoms with Crippen molar-refractivity contribution in [3.8, 4) is 0 Å². The molecule has 0 aliphatic carbocycles. The van der Waals surface area contributed by atoms with E-state index in [1.54, 1.807) is 0 Å². The van der Waals surface area contributed by atoms with Crippen molar-refractivity contribution in [3.05, 3.63) is 29.6 Å². The van der Waals surface area contributed by atoms with Gasteiger partial charge in [0.05, 0.1) is 11.3 Å². The summed E-state index contributed by atoms with van der Waals surface area (Å²) in [5.74, 6) is -0.924. The number of halogens is 4. The molecule has 4 nitrogen and oxygen atoms in total. The van der Waals surface area contributed by atoms with E-state index in [0.29, 0.717) is 44.1 Å². The molecule has 24 heavy (non-hydrogen) atoms. The summed E-state index contributed by atoms with van der Waals surface area (Å²) in [4.78, 5) is 13.6. The minimum atomic E-state index is -4.61. The second-order valence-corrected chi connectivity index (χ2v) is 6.12. The molecule has 0 atom stereocenters. The second kappa shape index (κ2) is 6.96. The Hall–Kier alpha value is -1.83. The Bertz CT molecular complexity index is 590. The van der Waals surface area contributed by atoms with Crippen LogP contribution in [-0.2, 0) is 6.18 Å². The summed E-state index contributed by atoms with van der Waals surface area (Å²) in [6, 6.07) is 1.25. The summed E-state index contributed by atoms with van der Waals surface area (Å²) in [6.07, 6.45) is -2.64. The van der Waals surface area contributed by atoms with Crippen molar-refractivity contribution in [1.29, 1.82) is 0 Å². The molecule has 0 spiro atoms. The number of aliphatic hydroxyl groups excluding tert-OH is 1. The summed E-state index contributed by atoms with van der Waals surface area (Å²) >= 11 is 0. The summed E-state index contributed by atoms with van der Waals surface area (Å²) in [5.41, 5.74) is -1.74. The van der Waals surface area contributed by atoms with E-state index >= 15 is 0 Å². The molecule has 0 radical (unpaired) electrons. The zero-order chi connectivity index (χ0) is 18.0. The third kappa shape index (κ3) is 3.98. The fourth-order valence-corrected chi connectivity index (χ4v) is 2.80. The van der Waals surface area contributed by atoms with Gasteiger partial charge in [0.15, 0.2) is 0 Å². The van der Waals surface area contributed by atoms with Crippen molar-refractivity contribution in [2.45, 2.75) is 32.4 Å². The Morgan fingerprint density at radius 1 is 1.33 bits per heavy atom. The number of aliphatic hydroxyl groups is 1. The lowest BCUT2D eigenvalue weighted by atomic mass is 9.77. The normalized spacial score (nSPS) is 17.7. The van der Waals surface area contributed by atoms with Gasteiger partial charge in [-0.2, -0.15) is 13.2 Å². The van der Waals surface area contributed by atoms with Crippen LogP contribution in [0.3, 0.4) is 0 Å². The molecule has 1 fully saturated rings. The van der Waals surface area contributed by atoms with Gasteiger partial charge in [0.25, 0.3) is 0 Å². The van der Waals surface area contributed by atoms with Crippen LogP contribution in [-0.4, -0.2) is 35.7 Å². The van der Waals surface area contributed by atoms with Gasteiger partial charge in [0, 0.05) is 19.7 Å².